The molecule has 0 aliphatic carbocycles. The van der Waals surface area contributed by atoms with E-state index < -0.39 is 26.3 Å². The standard InChI is InChI=1S/C13H8Cl2N4O.C8H5ClN2O.C8H6N2O2.C5H4Cl2N2.Cl2OS/c14-7-5-10(11(15)16-6-7)19-13(20)12-17-8-3-1-2-4-9(8)18-12;9-7(12)8-10-5-3-1-2-4-6(5)11-8;11-8(12)7-9-5-3-1-2-4-6(5)10-7;6-3-1-4(8)5(7)9-2-3;1-4(2)3/h1-6H,(H,17,18)(H,19,20);1-4H,(H,10,11);1-4H,(H,9,10)(H,11,12);1-2H,8H2;. The number of pyridine rings is 2. The number of nitrogen functional groups attached to an aromatic ring is 1. The Hall–Kier alpha value is -5.04. The Morgan fingerprint density at radius 2 is 1.05 bits per heavy atom. The number of nitrogens with one attached hydrogen (secondary N) is 4. The van der Waals surface area contributed by atoms with Gasteiger partial charge in [0.05, 0.1) is 54.5 Å². The fourth-order valence-corrected chi connectivity index (χ4v) is 4.96. The number of para-hydroxylation sites is 6. The zero-order valence-electron chi connectivity index (χ0n) is 28.2. The highest BCUT2D eigenvalue weighted by molar-refractivity contribution is 8.26. The van der Waals surface area contributed by atoms with Crippen LogP contribution in [0.3, 0.4) is 0 Å². The molecule has 0 unspecified atom stereocenters. The predicted octanol–water partition coefficient (Wildman–Crippen LogP) is 9.73. The molecule has 1 amide bonds. The van der Waals surface area contributed by atoms with E-state index in [1.54, 1.807) is 18.2 Å². The van der Waals surface area contributed by atoms with Gasteiger partial charge in [-0.15, -0.1) is 0 Å². The summed E-state index contributed by atoms with van der Waals surface area (Å²) in [6.07, 6.45) is 2.85. The summed E-state index contributed by atoms with van der Waals surface area (Å²) in [7, 11) is 7.36. The number of carboxylic acid groups (broad SMARTS) is 1. The molecule has 0 atom stereocenters. The van der Waals surface area contributed by atoms with Gasteiger partial charge in [-0.05, 0) is 60.1 Å². The number of amides is 1. The van der Waals surface area contributed by atoms with E-state index in [0.29, 0.717) is 37.6 Å². The topological polar surface area (TPSA) is 238 Å². The maximum Gasteiger partial charge on any atom is 0.371 e. The van der Waals surface area contributed by atoms with Crippen LogP contribution in [0.2, 0.25) is 20.4 Å². The number of hydrogen-bond donors (Lipinski definition) is 6. The normalized spacial score (nSPS) is 10.2. The second-order valence-corrected chi connectivity index (χ2v) is 15.0. The monoisotopic (exact) mass is 928 g/mol. The van der Waals surface area contributed by atoms with Crippen molar-refractivity contribution in [2.75, 3.05) is 11.1 Å². The van der Waals surface area contributed by atoms with E-state index in [2.05, 4.69) is 66.6 Å². The summed E-state index contributed by atoms with van der Waals surface area (Å²) in [5, 5.41) is 12.0. The Labute approximate surface area is 357 Å². The Bertz CT molecular complexity index is 2510. The van der Waals surface area contributed by atoms with Crippen molar-refractivity contribution in [1.82, 2.24) is 39.9 Å². The van der Waals surface area contributed by atoms with Gasteiger partial charge in [-0.2, -0.15) is 0 Å². The van der Waals surface area contributed by atoms with E-state index in [1.807, 2.05) is 60.7 Å². The Balaban J connectivity index is 0.000000170. The number of nitrogens with zero attached hydrogens (tertiary/aromatic N) is 5. The number of aromatic amines is 3. The van der Waals surface area contributed by atoms with Crippen molar-refractivity contribution >= 4 is 150 Å². The second-order valence-electron chi connectivity index (χ2n) is 10.6. The third-order valence-electron chi connectivity index (χ3n) is 6.66. The van der Waals surface area contributed by atoms with Crippen molar-refractivity contribution in [3.05, 3.63) is 135 Å². The number of fused-ring (bicyclic) bond motifs is 3. The van der Waals surface area contributed by atoms with Crippen molar-refractivity contribution < 1.29 is 23.7 Å². The minimum absolute atomic E-state index is 0.0174. The molecule has 0 saturated carbocycles. The van der Waals surface area contributed by atoms with Gasteiger partial charge in [0.15, 0.2) is 22.0 Å². The second kappa shape index (κ2) is 21.5. The van der Waals surface area contributed by atoms with Gasteiger partial charge in [-0.25, -0.2) is 33.9 Å². The largest absolute Gasteiger partial charge is 0.475 e. The lowest BCUT2D eigenvalue weighted by molar-refractivity contribution is 0.0684. The van der Waals surface area contributed by atoms with Crippen LogP contribution in [0.1, 0.15) is 31.9 Å². The number of benzene rings is 3. The summed E-state index contributed by atoms with van der Waals surface area (Å²) < 4.78 is 9.09. The van der Waals surface area contributed by atoms with Gasteiger partial charge in [0.25, 0.3) is 11.1 Å². The van der Waals surface area contributed by atoms with E-state index in [9.17, 15) is 14.4 Å². The van der Waals surface area contributed by atoms with Crippen LogP contribution < -0.4 is 11.1 Å². The molecule has 5 heterocycles. The first-order valence-corrected chi connectivity index (χ1v) is 20.0. The zero-order chi connectivity index (χ0) is 41.6. The summed E-state index contributed by atoms with van der Waals surface area (Å²) >= 11 is 27.9. The quantitative estimate of drug-likeness (QED) is 0.0717. The van der Waals surface area contributed by atoms with Crippen LogP contribution in [-0.2, 0) is 9.23 Å². The predicted molar refractivity (Wildman–Crippen MR) is 226 cm³/mol. The number of aromatic nitrogens is 8. The molecule has 0 saturated heterocycles. The van der Waals surface area contributed by atoms with Gasteiger partial charge in [0.1, 0.15) is 0 Å². The molecule has 57 heavy (non-hydrogen) atoms. The first-order chi connectivity index (χ1) is 27.1. The molecule has 0 spiro atoms. The molecule has 23 heteroatoms. The van der Waals surface area contributed by atoms with Crippen molar-refractivity contribution in [3.8, 4) is 0 Å². The number of halogens is 7. The van der Waals surface area contributed by atoms with Gasteiger partial charge in [-0.3, -0.25) is 9.59 Å². The van der Waals surface area contributed by atoms with Crippen molar-refractivity contribution in [2.24, 2.45) is 0 Å². The van der Waals surface area contributed by atoms with Crippen LogP contribution >= 0.6 is 79.4 Å². The summed E-state index contributed by atoms with van der Waals surface area (Å²) in [6.45, 7) is 0. The Kier molecular flexibility index (Phi) is 16.8. The van der Waals surface area contributed by atoms with Gasteiger partial charge in [0.2, 0.25) is 15.1 Å². The summed E-state index contributed by atoms with van der Waals surface area (Å²) in [6, 6.07) is 25.0. The van der Waals surface area contributed by atoms with Gasteiger partial charge >= 0.3 is 5.97 Å². The average molecular weight is 932 g/mol. The van der Waals surface area contributed by atoms with Crippen molar-refractivity contribution in [1.29, 1.82) is 0 Å². The SMILES string of the molecule is Nc1cc(Cl)cnc1Cl.O=C(Cl)c1nc2ccccc2[nH]1.O=C(Nc1cc(Cl)cnc1Cl)c1nc2ccccc2[nH]1.O=C(O)c1nc2ccccc2[nH]1.O=S(Cl)Cl. The molecule has 0 fully saturated rings. The van der Waals surface area contributed by atoms with E-state index in [4.69, 9.17) is 73.1 Å². The van der Waals surface area contributed by atoms with Gasteiger partial charge in [-0.1, -0.05) is 82.8 Å². The van der Waals surface area contributed by atoms with Gasteiger partial charge < -0.3 is 31.1 Å². The number of hydrogen-bond acceptors (Lipinski definition) is 10. The Morgan fingerprint density at radius 1 is 0.649 bits per heavy atom. The highest BCUT2D eigenvalue weighted by atomic mass is 36.0. The summed E-state index contributed by atoms with van der Waals surface area (Å²) in [4.78, 5) is 61.3. The molecule has 8 rings (SSSR count). The molecule has 3 aromatic carbocycles. The molecule has 0 radical (unpaired) electrons. The Morgan fingerprint density at radius 3 is 1.49 bits per heavy atom. The maximum atomic E-state index is 12.1. The summed E-state index contributed by atoms with van der Waals surface area (Å²) in [5.41, 5.74) is 10.6. The number of rotatable bonds is 4. The number of anilines is 2. The number of nitrogens with two attached hydrogens (primary N) is 1. The van der Waals surface area contributed by atoms with Crippen molar-refractivity contribution in [3.63, 3.8) is 0 Å². The first kappa shape index (κ1) is 44.7. The van der Waals surface area contributed by atoms with Crippen LogP contribution in [0.25, 0.3) is 33.1 Å². The number of H-pyrrole nitrogens is 3. The van der Waals surface area contributed by atoms with Crippen LogP contribution in [0.4, 0.5) is 11.4 Å². The zero-order valence-corrected chi connectivity index (χ0v) is 34.3. The molecule has 0 bridgehead atoms. The minimum atomic E-state index is -1.67. The van der Waals surface area contributed by atoms with E-state index in [1.165, 1.54) is 18.5 Å². The molecule has 0 aliphatic rings. The fourth-order valence-electron chi connectivity index (χ4n) is 4.29. The molecular formula is C34H23Cl7N10O5S. The third kappa shape index (κ3) is 13.8. The number of carbonyl (C=O) groups excluding carboxylic acids is 2. The summed E-state index contributed by atoms with van der Waals surface area (Å²) in [5.74, 6) is -1.07. The molecule has 294 valence electrons. The smallest absolute Gasteiger partial charge is 0.371 e. The molecule has 7 N–H and O–H groups in total. The molecule has 0 aliphatic heterocycles. The van der Waals surface area contributed by atoms with E-state index in [0.717, 1.165) is 22.1 Å². The first-order valence-electron chi connectivity index (χ1n) is 15.3. The third-order valence-corrected chi connectivity index (χ3v) is 7.87. The number of carbonyl (C=O) groups is 3. The highest BCUT2D eigenvalue weighted by Gasteiger charge is 2.14. The van der Waals surface area contributed by atoms with Gasteiger partial charge in [0, 0.05) is 33.8 Å². The van der Waals surface area contributed by atoms with Crippen LogP contribution in [-0.4, -0.2) is 66.3 Å². The van der Waals surface area contributed by atoms with Crippen LogP contribution in [0, 0.1) is 0 Å². The lowest BCUT2D eigenvalue weighted by Gasteiger charge is -2.04. The van der Waals surface area contributed by atoms with E-state index >= 15 is 0 Å². The molecular weight excluding hydrogens is 909 g/mol. The maximum absolute atomic E-state index is 12.1. The molecule has 15 nitrogen and oxygen atoms in total. The van der Waals surface area contributed by atoms with Crippen LogP contribution in [0.5, 0.6) is 0 Å². The molecule has 8 aromatic rings. The number of aromatic carboxylic acids is 1. The van der Waals surface area contributed by atoms with Crippen LogP contribution in [0.15, 0.2) is 97.3 Å². The molecule has 5 aromatic heterocycles. The highest BCUT2D eigenvalue weighted by Crippen LogP contribution is 2.23. The minimum Gasteiger partial charge on any atom is -0.475 e. The van der Waals surface area contributed by atoms with Crippen molar-refractivity contribution in [2.45, 2.75) is 0 Å². The number of imidazole rings is 3. The number of carboxylic acids is 1. The lowest BCUT2D eigenvalue weighted by atomic mass is 10.3. The fraction of sp³-hybridized carbons (Fsp3) is 0. The average Bonchev–Trinajstić information content (AvgIpc) is 3.93. The lowest BCUT2D eigenvalue weighted by Crippen LogP contribution is -2.14. The van der Waals surface area contributed by atoms with E-state index in [-0.39, 0.29) is 22.6 Å².